The lowest BCUT2D eigenvalue weighted by Crippen LogP contribution is -2.49. The highest BCUT2D eigenvalue weighted by Crippen LogP contribution is 2.44. The van der Waals surface area contributed by atoms with Crippen LogP contribution in [0.4, 0.5) is 4.79 Å². The van der Waals surface area contributed by atoms with Crippen molar-refractivity contribution in [2.24, 2.45) is 0 Å². The van der Waals surface area contributed by atoms with Crippen LogP contribution in [-0.2, 0) is 16.0 Å². The average Bonchev–Trinajstić information content (AvgIpc) is 3.32. The monoisotopic (exact) mass is 376 g/mol. The van der Waals surface area contributed by atoms with E-state index in [1.165, 1.54) is 12.5 Å². The number of carbonyl (C=O) groups is 2. The highest BCUT2D eigenvalue weighted by atomic mass is 16.5. The van der Waals surface area contributed by atoms with Gasteiger partial charge < -0.3 is 24.9 Å². The maximum Gasteiger partial charge on any atom is 0.407 e. The number of carboxylic acids is 1. The normalized spacial score (nSPS) is 13.4. The number of benzene rings is 2. The molecule has 1 aliphatic carbocycles. The van der Waals surface area contributed by atoms with Crippen molar-refractivity contribution >= 4 is 12.1 Å². The van der Waals surface area contributed by atoms with E-state index in [9.17, 15) is 14.7 Å². The Kier molecular flexibility index (Phi) is 4.80. The molecule has 0 fully saturated rings. The highest BCUT2D eigenvalue weighted by Gasteiger charge is 2.29. The van der Waals surface area contributed by atoms with E-state index in [0.29, 0.717) is 5.69 Å². The van der Waals surface area contributed by atoms with E-state index in [4.69, 9.17) is 4.74 Å². The molecule has 4 rings (SSSR count). The second-order valence-corrected chi connectivity index (χ2v) is 6.62. The van der Waals surface area contributed by atoms with Crippen molar-refractivity contribution in [1.82, 2.24) is 15.3 Å². The third-order valence-corrected chi connectivity index (χ3v) is 4.90. The topological polar surface area (TPSA) is 107 Å². The third-order valence-electron chi connectivity index (χ3n) is 4.90. The molecule has 7 heteroatoms. The number of nitrogens with zero attached hydrogens (tertiary/aromatic N) is 1. The number of aromatic amines is 1. The van der Waals surface area contributed by atoms with Gasteiger partial charge in [0.15, 0.2) is 0 Å². The summed E-state index contributed by atoms with van der Waals surface area (Å²) in [6.45, 7) is 0.115. The number of alkyl carbamates (subject to hydrolysis) is 1. The van der Waals surface area contributed by atoms with Crippen LogP contribution < -0.4 is 10.4 Å². The van der Waals surface area contributed by atoms with Gasteiger partial charge >= 0.3 is 6.09 Å². The van der Waals surface area contributed by atoms with Crippen LogP contribution in [-0.4, -0.2) is 34.7 Å². The van der Waals surface area contributed by atoms with Crippen LogP contribution in [0.5, 0.6) is 0 Å². The number of hydrogen-bond donors (Lipinski definition) is 2. The average molecular weight is 376 g/mol. The number of imidazole rings is 1. The zero-order valence-corrected chi connectivity index (χ0v) is 14.9. The van der Waals surface area contributed by atoms with E-state index >= 15 is 0 Å². The summed E-state index contributed by atoms with van der Waals surface area (Å²) in [6.07, 6.45) is 2.17. The first-order chi connectivity index (χ1) is 13.6. The molecule has 1 amide bonds. The maximum absolute atomic E-state index is 12.2. The molecule has 2 N–H and O–H groups in total. The molecule has 1 aromatic heterocycles. The molecule has 7 nitrogen and oxygen atoms in total. The molecule has 1 aliphatic rings. The number of fused-ring (bicyclic) bond motifs is 3. The van der Waals surface area contributed by atoms with Crippen molar-refractivity contribution in [3.05, 3.63) is 77.9 Å². The van der Waals surface area contributed by atoms with E-state index in [0.717, 1.165) is 22.3 Å². The SMILES string of the molecule is O=C(N[C@@H](Cc1cnc[nH]1)C(=O)[O-])OCC1c2ccccc2-c2ccccc21. The predicted octanol–water partition coefficient (Wildman–Crippen LogP) is 1.61. The Morgan fingerprint density at radius 3 is 2.32 bits per heavy atom. The molecule has 0 saturated carbocycles. The molecule has 0 bridgehead atoms. The zero-order valence-electron chi connectivity index (χ0n) is 14.9. The molecule has 3 aromatic rings. The number of carboxylic acid groups (broad SMARTS) is 1. The first-order valence-corrected chi connectivity index (χ1v) is 8.93. The van der Waals surface area contributed by atoms with Crippen molar-refractivity contribution in [2.75, 3.05) is 6.61 Å². The van der Waals surface area contributed by atoms with Gasteiger partial charge in [-0.1, -0.05) is 48.5 Å². The molecule has 0 aliphatic heterocycles. The number of nitrogens with one attached hydrogen (secondary N) is 2. The minimum Gasteiger partial charge on any atom is -0.548 e. The number of hydrogen-bond acceptors (Lipinski definition) is 5. The summed E-state index contributed by atoms with van der Waals surface area (Å²) in [7, 11) is 0. The Hall–Kier alpha value is -3.61. The van der Waals surface area contributed by atoms with Gasteiger partial charge in [-0.25, -0.2) is 9.78 Å². The molecule has 0 saturated heterocycles. The fourth-order valence-corrected chi connectivity index (χ4v) is 3.59. The minimum atomic E-state index is -1.39. The van der Waals surface area contributed by atoms with Crippen molar-refractivity contribution in [1.29, 1.82) is 0 Å². The van der Waals surface area contributed by atoms with Crippen LogP contribution in [0.25, 0.3) is 11.1 Å². The van der Waals surface area contributed by atoms with E-state index in [-0.39, 0.29) is 18.9 Å². The largest absolute Gasteiger partial charge is 0.548 e. The summed E-state index contributed by atoms with van der Waals surface area (Å²) >= 11 is 0. The molecular weight excluding hydrogens is 358 g/mol. The molecule has 0 spiro atoms. The zero-order chi connectivity index (χ0) is 19.5. The maximum atomic E-state index is 12.2. The number of aromatic nitrogens is 2. The van der Waals surface area contributed by atoms with Crippen LogP contribution in [0.3, 0.4) is 0 Å². The van der Waals surface area contributed by atoms with Gasteiger partial charge in [0.1, 0.15) is 6.61 Å². The Morgan fingerprint density at radius 1 is 1.11 bits per heavy atom. The van der Waals surface area contributed by atoms with Gasteiger partial charge in [0.05, 0.1) is 18.3 Å². The van der Waals surface area contributed by atoms with Crippen LogP contribution in [0, 0.1) is 0 Å². The third kappa shape index (κ3) is 3.46. The molecule has 0 unspecified atom stereocenters. The van der Waals surface area contributed by atoms with Crippen molar-refractivity contribution in [2.45, 2.75) is 18.4 Å². The number of amides is 1. The molecule has 28 heavy (non-hydrogen) atoms. The number of ether oxygens (including phenoxy) is 1. The molecule has 1 heterocycles. The highest BCUT2D eigenvalue weighted by molar-refractivity contribution is 5.80. The summed E-state index contributed by atoms with van der Waals surface area (Å²) in [6, 6.07) is 14.8. The summed E-state index contributed by atoms with van der Waals surface area (Å²) in [4.78, 5) is 30.2. The van der Waals surface area contributed by atoms with E-state index < -0.39 is 18.1 Å². The summed E-state index contributed by atoms with van der Waals surface area (Å²) in [5, 5.41) is 13.7. The summed E-state index contributed by atoms with van der Waals surface area (Å²) in [5.41, 5.74) is 5.00. The Bertz CT molecular complexity index is 955. The number of carbonyl (C=O) groups excluding carboxylic acids is 2. The first kappa shape index (κ1) is 17.8. The van der Waals surface area contributed by atoms with Crippen LogP contribution >= 0.6 is 0 Å². The Labute approximate surface area is 161 Å². The fourth-order valence-electron chi connectivity index (χ4n) is 3.59. The van der Waals surface area contributed by atoms with Crippen molar-refractivity contribution < 1.29 is 19.4 Å². The molecule has 142 valence electrons. The summed E-state index contributed by atoms with van der Waals surface area (Å²) in [5.74, 6) is -1.48. The van der Waals surface area contributed by atoms with Crippen LogP contribution in [0.15, 0.2) is 61.1 Å². The molecule has 2 aromatic carbocycles. The van der Waals surface area contributed by atoms with E-state index in [1.54, 1.807) is 0 Å². The first-order valence-electron chi connectivity index (χ1n) is 8.93. The molecular formula is C21H18N3O4-. The van der Waals surface area contributed by atoms with Gasteiger partial charge in [-0.15, -0.1) is 0 Å². The smallest absolute Gasteiger partial charge is 0.407 e. The number of rotatable bonds is 6. The van der Waals surface area contributed by atoms with Gasteiger partial charge in [0.25, 0.3) is 0 Å². The second-order valence-electron chi connectivity index (χ2n) is 6.62. The quantitative estimate of drug-likeness (QED) is 0.680. The summed E-state index contributed by atoms with van der Waals surface area (Å²) < 4.78 is 5.37. The van der Waals surface area contributed by atoms with Gasteiger partial charge in [0, 0.05) is 24.2 Å². The van der Waals surface area contributed by atoms with Gasteiger partial charge in [-0.2, -0.15) is 0 Å². The van der Waals surface area contributed by atoms with E-state index in [1.807, 2.05) is 48.5 Å². The lowest BCUT2D eigenvalue weighted by atomic mass is 9.98. The second kappa shape index (κ2) is 7.56. The van der Waals surface area contributed by atoms with E-state index in [2.05, 4.69) is 15.3 Å². The van der Waals surface area contributed by atoms with Crippen LogP contribution in [0.2, 0.25) is 0 Å². The van der Waals surface area contributed by atoms with Gasteiger partial charge in [0.2, 0.25) is 0 Å². The standard InChI is InChI=1S/C21H19N3O4/c25-20(26)19(9-13-10-22-12-23-13)24-21(27)28-11-18-16-7-3-1-5-14(16)15-6-2-4-8-17(15)18/h1-8,10,12,18-19H,9,11H2,(H,22,23)(H,24,27)(H,25,26)/p-1/t19-/m0/s1. The van der Waals surface area contributed by atoms with Crippen molar-refractivity contribution in [3.8, 4) is 11.1 Å². The van der Waals surface area contributed by atoms with Crippen LogP contribution in [0.1, 0.15) is 22.7 Å². The minimum absolute atomic E-state index is 0.0343. The van der Waals surface area contributed by atoms with Gasteiger partial charge in [-0.05, 0) is 22.3 Å². The predicted molar refractivity (Wildman–Crippen MR) is 99.3 cm³/mol. The number of H-pyrrole nitrogens is 1. The fraction of sp³-hybridized carbons (Fsp3) is 0.190. The number of aliphatic carboxylic acids is 1. The molecule has 1 atom stereocenters. The Balaban J connectivity index is 1.44. The van der Waals surface area contributed by atoms with Gasteiger partial charge in [-0.3, -0.25) is 0 Å². The lowest BCUT2D eigenvalue weighted by molar-refractivity contribution is -0.308. The lowest BCUT2D eigenvalue weighted by Gasteiger charge is -2.20. The van der Waals surface area contributed by atoms with Crippen molar-refractivity contribution in [3.63, 3.8) is 0 Å². The molecule has 0 radical (unpaired) electrons. The Morgan fingerprint density at radius 2 is 1.75 bits per heavy atom.